The number of aromatic nitrogens is 2. The van der Waals surface area contributed by atoms with Gasteiger partial charge in [0.15, 0.2) is 5.69 Å². The molecular weight excluding hydrogens is 294 g/mol. The summed E-state index contributed by atoms with van der Waals surface area (Å²) in [6.45, 7) is 0. The molecule has 0 aliphatic carbocycles. The number of hydrogen-bond acceptors (Lipinski definition) is 5. The van der Waals surface area contributed by atoms with Gasteiger partial charge < -0.3 is 10.5 Å². The number of nitrogens with zero attached hydrogens (tertiary/aromatic N) is 2. The molecule has 7 nitrogen and oxygen atoms in total. The summed E-state index contributed by atoms with van der Waals surface area (Å²) < 4.78 is 5.21. The number of hydrogen-bond donors (Lipinski definition) is 3. The third-order valence-corrected chi connectivity index (χ3v) is 3.30. The van der Waals surface area contributed by atoms with E-state index in [1.54, 1.807) is 43.5 Å². The molecule has 23 heavy (non-hydrogen) atoms. The number of para-hydroxylation sites is 1. The van der Waals surface area contributed by atoms with Gasteiger partial charge in [-0.1, -0.05) is 24.3 Å². The van der Waals surface area contributed by atoms with Crippen molar-refractivity contribution in [3.05, 3.63) is 58.9 Å². The van der Waals surface area contributed by atoms with Crippen LogP contribution in [0.4, 0.5) is 17.1 Å². The number of H-pyrrole nitrogens is 2. The Bertz CT molecular complexity index is 893. The first-order chi connectivity index (χ1) is 11.2. The van der Waals surface area contributed by atoms with Crippen LogP contribution in [-0.4, -0.2) is 17.3 Å². The summed E-state index contributed by atoms with van der Waals surface area (Å²) in [4.78, 5) is 12.0. The van der Waals surface area contributed by atoms with Crippen LogP contribution in [0.2, 0.25) is 0 Å². The first-order valence-corrected chi connectivity index (χ1v) is 6.90. The first-order valence-electron chi connectivity index (χ1n) is 6.90. The summed E-state index contributed by atoms with van der Waals surface area (Å²) in [5.74, 6) is 0.581. The molecule has 4 N–H and O–H groups in total. The van der Waals surface area contributed by atoms with E-state index in [2.05, 4.69) is 20.4 Å². The van der Waals surface area contributed by atoms with Gasteiger partial charge in [0.25, 0.3) is 5.56 Å². The number of benzene rings is 2. The number of azo groups is 1. The highest BCUT2D eigenvalue weighted by atomic mass is 16.5. The number of aromatic amines is 2. The van der Waals surface area contributed by atoms with Crippen LogP contribution in [-0.2, 0) is 0 Å². The van der Waals surface area contributed by atoms with Gasteiger partial charge in [-0.2, -0.15) is 0 Å². The zero-order valence-electron chi connectivity index (χ0n) is 12.4. The Morgan fingerprint density at radius 3 is 2.48 bits per heavy atom. The van der Waals surface area contributed by atoms with Gasteiger partial charge in [0.2, 0.25) is 0 Å². The molecule has 0 radical (unpaired) electrons. The predicted molar refractivity (Wildman–Crippen MR) is 88.4 cm³/mol. The van der Waals surface area contributed by atoms with Gasteiger partial charge in [-0.05, 0) is 24.3 Å². The summed E-state index contributed by atoms with van der Waals surface area (Å²) in [6.07, 6.45) is 0. The number of rotatable bonds is 4. The Morgan fingerprint density at radius 2 is 1.74 bits per heavy atom. The quantitative estimate of drug-likeness (QED) is 0.507. The van der Waals surface area contributed by atoms with Crippen molar-refractivity contribution in [1.29, 1.82) is 0 Å². The lowest BCUT2D eigenvalue weighted by Gasteiger charge is -2.02. The van der Waals surface area contributed by atoms with Crippen LogP contribution in [0, 0.1) is 0 Å². The van der Waals surface area contributed by atoms with Crippen LogP contribution >= 0.6 is 0 Å². The maximum atomic E-state index is 12.0. The van der Waals surface area contributed by atoms with E-state index in [4.69, 9.17) is 10.5 Å². The molecule has 0 aliphatic rings. The van der Waals surface area contributed by atoms with Crippen molar-refractivity contribution in [3.63, 3.8) is 0 Å². The molecule has 7 heteroatoms. The van der Waals surface area contributed by atoms with Crippen molar-refractivity contribution in [2.45, 2.75) is 0 Å². The van der Waals surface area contributed by atoms with Crippen molar-refractivity contribution in [1.82, 2.24) is 10.2 Å². The van der Waals surface area contributed by atoms with Gasteiger partial charge in [-0.25, -0.2) is 0 Å². The fourth-order valence-electron chi connectivity index (χ4n) is 2.12. The highest BCUT2D eigenvalue weighted by Crippen LogP contribution is 2.30. The van der Waals surface area contributed by atoms with E-state index >= 15 is 0 Å². The molecule has 0 bridgehead atoms. The summed E-state index contributed by atoms with van der Waals surface area (Å²) in [5, 5.41) is 13.5. The van der Waals surface area contributed by atoms with Gasteiger partial charge in [0.05, 0.1) is 12.8 Å². The molecule has 0 saturated heterocycles. The van der Waals surface area contributed by atoms with E-state index in [9.17, 15) is 4.79 Å². The molecule has 0 amide bonds. The molecule has 3 aromatic rings. The minimum absolute atomic E-state index is 0.195. The summed E-state index contributed by atoms with van der Waals surface area (Å²) in [5.41, 5.74) is 8.04. The molecule has 0 saturated carbocycles. The summed E-state index contributed by atoms with van der Waals surface area (Å²) in [6, 6.07) is 14.3. The molecule has 1 heterocycles. The van der Waals surface area contributed by atoms with E-state index in [1.165, 1.54) is 0 Å². The maximum absolute atomic E-state index is 12.0. The van der Waals surface area contributed by atoms with Crippen LogP contribution < -0.4 is 16.0 Å². The van der Waals surface area contributed by atoms with Crippen molar-refractivity contribution < 1.29 is 4.74 Å². The molecule has 0 unspecified atom stereocenters. The van der Waals surface area contributed by atoms with Gasteiger partial charge in [-0.15, -0.1) is 10.2 Å². The van der Waals surface area contributed by atoms with E-state index in [0.29, 0.717) is 22.8 Å². The Kier molecular flexibility index (Phi) is 3.92. The van der Waals surface area contributed by atoms with Crippen LogP contribution in [0.3, 0.4) is 0 Å². The number of nitrogen functional groups attached to an aromatic ring is 1. The predicted octanol–water partition coefficient (Wildman–Crippen LogP) is 3.38. The largest absolute Gasteiger partial charge is 0.494 e. The van der Waals surface area contributed by atoms with Crippen LogP contribution in [0.25, 0.3) is 11.3 Å². The second kappa shape index (κ2) is 6.18. The number of nitrogens with two attached hydrogens (primary N) is 1. The minimum Gasteiger partial charge on any atom is -0.494 e. The van der Waals surface area contributed by atoms with Gasteiger partial charge in [0.1, 0.15) is 11.4 Å². The maximum Gasteiger partial charge on any atom is 0.292 e. The Balaban J connectivity index is 2.01. The zero-order chi connectivity index (χ0) is 16.2. The molecule has 3 rings (SSSR count). The van der Waals surface area contributed by atoms with Crippen molar-refractivity contribution >= 4 is 17.1 Å². The lowest BCUT2D eigenvalue weighted by Crippen LogP contribution is -1.96. The monoisotopic (exact) mass is 309 g/mol. The first kappa shape index (κ1) is 14.6. The van der Waals surface area contributed by atoms with Crippen LogP contribution in [0.5, 0.6) is 5.75 Å². The smallest absolute Gasteiger partial charge is 0.292 e. The molecular formula is C16H15N5O2. The third-order valence-electron chi connectivity index (χ3n) is 3.30. The second-order valence-electron chi connectivity index (χ2n) is 4.80. The van der Waals surface area contributed by atoms with Crippen LogP contribution in [0.15, 0.2) is 63.6 Å². The number of methoxy groups -OCH3 is 1. The number of anilines is 1. The SMILES string of the molecule is COc1ccccc1N=Nc1c(-c2ccc(N)cc2)[nH][nH]c1=O. The lowest BCUT2D eigenvalue weighted by molar-refractivity contribution is 0.416. The topological polar surface area (TPSA) is 109 Å². The lowest BCUT2D eigenvalue weighted by atomic mass is 10.1. The number of ether oxygens (including phenoxy) is 1. The highest BCUT2D eigenvalue weighted by molar-refractivity contribution is 5.72. The standard InChI is InChI=1S/C16H15N5O2/c1-23-13-5-3-2-4-12(13)18-20-15-14(19-21-16(15)22)10-6-8-11(17)9-7-10/h2-9H,17H2,1H3,(H2,19,21,22). The normalized spacial score (nSPS) is 11.0. The summed E-state index contributed by atoms with van der Waals surface area (Å²) >= 11 is 0. The zero-order valence-corrected chi connectivity index (χ0v) is 12.4. The average Bonchev–Trinajstić information content (AvgIpc) is 2.94. The molecule has 0 fully saturated rings. The minimum atomic E-state index is -0.351. The van der Waals surface area contributed by atoms with Crippen LogP contribution in [0.1, 0.15) is 0 Å². The molecule has 0 aliphatic heterocycles. The molecule has 116 valence electrons. The molecule has 0 atom stereocenters. The van der Waals surface area contributed by atoms with E-state index in [1.807, 2.05) is 12.1 Å². The molecule has 2 aromatic carbocycles. The molecule has 0 spiro atoms. The molecule has 1 aromatic heterocycles. The summed E-state index contributed by atoms with van der Waals surface area (Å²) in [7, 11) is 1.55. The Labute approximate surface area is 131 Å². The fourth-order valence-corrected chi connectivity index (χ4v) is 2.12. The highest BCUT2D eigenvalue weighted by Gasteiger charge is 2.11. The van der Waals surface area contributed by atoms with E-state index < -0.39 is 0 Å². The number of nitrogens with one attached hydrogen (secondary N) is 2. The third kappa shape index (κ3) is 2.98. The van der Waals surface area contributed by atoms with Crippen molar-refractivity contribution in [3.8, 4) is 17.0 Å². The Morgan fingerprint density at radius 1 is 1.00 bits per heavy atom. The van der Waals surface area contributed by atoms with Gasteiger partial charge in [0, 0.05) is 11.3 Å². The van der Waals surface area contributed by atoms with Crippen molar-refractivity contribution in [2.75, 3.05) is 12.8 Å². The fraction of sp³-hybridized carbons (Fsp3) is 0.0625. The van der Waals surface area contributed by atoms with Crippen molar-refractivity contribution in [2.24, 2.45) is 10.2 Å². The Hall–Kier alpha value is -3.35. The van der Waals surface area contributed by atoms with Gasteiger partial charge >= 0.3 is 0 Å². The average molecular weight is 309 g/mol. The van der Waals surface area contributed by atoms with E-state index in [0.717, 1.165) is 5.56 Å². The van der Waals surface area contributed by atoms with Gasteiger partial charge in [-0.3, -0.25) is 15.0 Å². The van der Waals surface area contributed by atoms with E-state index in [-0.39, 0.29) is 11.2 Å². The second-order valence-corrected chi connectivity index (χ2v) is 4.80.